The molecular weight excluding hydrogens is 492 g/mol. The first kappa shape index (κ1) is 30.0. The van der Waals surface area contributed by atoms with Crippen LogP contribution in [0.2, 0.25) is 0 Å². The minimum absolute atomic E-state index is 0.0383. The van der Waals surface area contributed by atoms with Crippen molar-refractivity contribution in [3.8, 4) is 0 Å². The van der Waals surface area contributed by atoms with Crippen LogP contribution in [0.15, 0.2) is 0 Å². The van der Waals surface area contributed by atoms with Crippen LogP contribution in [0.3, 0.4) is 0 Å². The zero-order chi connectivity index (χ0) is 28.4. The highest BCUT2D eigenvalue weighted by atomic mass is 16.6. The van der Waals surface area contributed by atoms with Gasteiger partial charge in [0.05, 0.1) is 26.1 Å². The SMILES string of the molecule is COC(=O)C1[C@@H]2CC[C@H]1CN(C(=O)OC(C)(C)C)C2.COC(=O)C1[C@@H]2CC[C@H]1CN(C(=O)OC(C)(C)C)C2. The van der Waals surface area contributed by atoms with E-state index in [-0.39, 0.29) is 59.6 Å². The third kappa shape index (κ3) is 7.32. The van der Waals surface area contributed by atoms with Gasteiger partial charge in [0.1, 0.15) is 11.2 Å². The van der Waals surface area contributed by atoms with E-state index in [1.165, 1.54) is 14.2 Å². The Hall–Kier alpha value is -2.52. The lowest BCUT2D eigenvalue weighted by molar-refractivity contribution is -0.151. The Bertz CT molecular complexity index is 792. The smallest absolute Gasteiger partial charge is 0.410 e. The number of rotatable bonds is 2. The molecule has 6 atom stereocenters. The number of hydrogen-bond donors (Lipinski definition) is 0. The normalized spacial score (nSPS) is 30.1. The number of carbonyl (C=O) groups excluding carboxylic acids is 4. The van der Waals surface area contributed by atoms with Crippen molar-refractivity contribution in [3.63, 3.8) is 0 Å². The van der Waals surface area contributed by atoms with Gasteiger partial charge in [0.2, 0.25) is 0 Å². The molecule has 4 aliphatic rings. The molecule has 4 fully saturated rings. The van der Waals surface area contributed by atoms with Crippen LogP contribution in [0.25, 0.3) is 0 Å². The number of hydrogen-bond acceptors (Lipinski definition) is 8. The maximum atomic E-state index is 12.1. The molecule has 38 heavy (non-hydrogen) atoms. The fourth-order valence-corrected chi connectivity index (χ4v) is 6.44. The second-order valence-corrected chi connectivity index (χ2v) is 13.1. The van der Waals surface area contributed by atoms with Gasteiger partial charge in [-0.05, 0) is 90.9 Å². The summed E-state index contributed by atoms with van der Waals surface area (Å²) >= 11 is 0. The number of fused-ring (bicyclic) bond motifs is 4. The predicted octanol–water partition coefficient (Wildman–Crippen LogP) is 4.11. The first-order valence-corrected chi connectivity index (χ1v) is 13.7. The molecule has 2 aliphatic carbocycles. The molecule has 0 radical (unpaired) electrons. The molecule has 2 aliphatic heterocycles. The molecule has 10 heteroatoms. The molecule has 0 aromatic carbocycles. The van der Waals surface area contributed by atoms with E-state index in [0.717, 1.165) is 25.7 Å². The van der Waals surface area contributed by atoms with E-state index < -0.39 is 11.2 Å². The fourth-order valence-electron chi connectivity index (χ4n) is 6.44. The summed E-state index contributed by atoms with van der Waals surface area (Å²) in [5.41, 5.74) is -0.954. The van der Waals surface area contributed by atoms with Gasteiger partial charge in [0, 0.05) is 26.2 Å². The Balaban J connectivity index is 0.000000211. The second kappa shape index (κ2) is 11.7. The molecule has 0 N–H and O–H groups in total. The quantitative estimate of drug-likeness (QED) is 0.382. The maximum absolute atomic E-state index is 12.1. The predicted molar refractivity (Wildman–Crippen MR) is 139 cm³/mol. The van der Waals surface area contributed by atoms with E-state index in [1.807, 2.05) is 41.5 Å². The molecule has 4 rings (SSSR count). The molecule has 2 saturated carbocycles. The summed E-state index contributed by atoms with van der Waals surface area (Å²) in [6.07, 6.45) is 3.42. The van der Waals surface area contributed by atoms with Crippen molar-refractivity contribution < 1.29 is 38.1 Å². The highest BCUT2D eigenvalue weighted by Crippen LogP contribution is 2.43. The van der Waals surface area contributed by atoms with E-state index >= 15 is 0 Å². The Kier molecular flexibility index (Phi) is 9.24. The first-order valence-electron chi connectivity index (χ1n) is 13.7. The van der Waals surface area contributed by atoms with Crippen LogP contribution < -0.4 is 0 Å². The fraction of sp³-hybridized carbons (Fsp3) is 0.857. The molecule has 2 unspecified atom stereocenters. The Morgan fingerprint density at radius 3 is 1.03 bits per heavy atom. The van der Waals surface area contributed by atoms with Gasteiger partial charge in [0.15, 0.2) is 0 Å². The lowest BCUT2D eigenvalue weighted by Gasteiger charge is -2.37. The van der Waals surface area contributed by atoms with E-state index in [4.69, 9.17) is 18.9 Å². The molecule has 2 amide bonds. The lowest BCUT2D eigenvalue weighted by Crippen LogP contribution is -2.48. The highest BCUT2D eigenvalue weighted by Gasteiger charge is 2.49. The Labute approximate surface area is 226 Å². The van der Waals surface area contributed by atoms with E-state index in [2.05, 4.69) is 0 Å². The molecule has 216 valence electrons. The average Bonchev–Trinajstić information content (AvgIpc) is 3.23. The maximum Gasteiger partial charge on any atom is 0.410 e. The number of nitrogens with zero attached hydrogens (tertiary/aromatic N) is 2. The van der Waals surface area contributed by atoms with Crippen LogP contribution in [0, 0.1) is 35.5 Å². The Morgan fingerprint density at radius 2 is 0.816 bits per heavy atom. The summed E-state index contributed by atoms with van der Waals surface area (Å²) < 4.78 is 20.5. The average molecular weight is 539 g/mol. The number of likely N-dealkylation sites (tertiary alicyclic amines) is 2. The van der Waals surface area contributed by atoms with Crippen LogP contribution in [0.1, 0.15) is 67.2 Å². The summed E-state index contributed by atoms with van der Waals surface area (Å²) in [5, 5.41) is 0. The zero-order valence-corrected chi connectivity index (χ0v) is 24.3. The number of piperidine rings is 2. The van der Waals surface area contributed by atoms with E-state index in [1.54, 1.807) is 9.80 Å². The minimum Gasteiger partial charge on any atom is -0.469 e. The van der Waals surface area contributed by atoms with Crippen LogP contribution in [-0.4, -0.2) is 85.5 Å². The zero-order valence-electron chi connectivity index (χ0n) is 24.3. The van der Waals surface area contributed by atoms with Crippen molar-refractivity contribution in [1.29, 1.82) is 0 Å². The molecule has 0 aromatic heterocycles. The van der Waals surface area contributed by atoms with Crippen molar-refractivity contribution in [1.82, 2.24) is 9.80 Å². The monoisotopic (exact) mass is 538 g/mol. The highest BCUT2D eigenvalue weighted by molar-refractivity contribution is 5.75. The van der Waals surface area contributed by atoms with Gasteiger partial charge in [-0.15, -0.1) is 0 Å². The van der Waals surface area contributed by atoms with Crippen molar-refractivity contribution >= 4 is 24.1 Å². The molecule has 10 nitrogen and oxygen atoms in total. The number of carbonyl (C=O) groups is 4. The second-order valence-electron chi connectivity index (χ2n) is 13.1. The van der Waals surface area contributed by atoms with Crippen molar-refractivity contribution in [2.24, 2.45) is 35.5 Å². The van der Waals surface area contributed by atoms with Crippen molar-refractivity contribution in [2.45, 2.75) is 78.4 Å². The summed E-state index contributed by atoms with van der Waals surface area (Å²) in [4.78, 5) is 51.2. The van der Waals surface area contributed by atoms with E-state index in [9.17, 15) is 19.2 Å². The van der Waals surface area contributed by atoms with Crippen molar-refractivity contribution in [3.05, 3.63) is 0 Å². The number of methoxy groups -OCH3 is 2. The van der Waals surface area contributed by atoms with Gasteiger partial charge in [0.25, 0.3) is 0 Å². The molecule has 4 bridgehead atoms. The van der Waals surface area contributed by atoms with E-state index in [0.29, 0.717) is 26.2 Å². The summed E-state index contributed by atoms with van der Waals surface area (Å²) in [6, 6.07) is 0. The lowest BCUT2D eigenvalue weighted by atomic mass is 9.85. The molecule has 2 heterocycles. The Morgan fingerprint density at radius 1 is 0.553 bits per heavy atom. The topological polar surface area (TPSA) is 112 Å². The number of esters is 2. The largest absolute Gasteiger partial charge is 0.469 e. The van der Waals surface area contributed by atoms with Gasteiger partial charge in [-0.2, -0.15) is 0 Å². The van der Waals surface area contributed by atoms with Crippen LogP contribution in [0.4, 0.5) is 9.59 Å². The molecule has 0 spiro atoms. The van der Waals surface area contributed by atoms with Crippen LogP contribution in [0.5, 0.6) is 0 Å². The van der Waals surface area contributed by atoms with Gasteiger partial charge in [-0.3, -0.25) is 9.59 Å². The first-order chi connectivity index (χ1) is 17.6. The van der Waals surface area contributed by atoms with Gasteiger partial charge in [-0.25, -0.2) is 9.59 Å². The minimum atomic E-state index is -0.477. The van der Waals surface area contributed by atoms with Crippen LogP contribution in [-0.2, 0) is 28.5 Å². The van der Waals surface area contributed by atoms with Crippen LogP contribution >= 0.6 is 0 Å². The number of amides is 2. The van der Waals surface area contributed by atoms with Gasteiger partial charge < -0.3 is 28.7 Å². The molecular formula is C28H46N2O8. The molecule has 0 aromatic rings. The van der Waals surface area contributed by atoms with Gasteiger partial charge >= 0.3 is 24.1 Å². The van der Waals surface area contributed by atoms with Crippen molar-refractivity contribution in [2.75, 3.05) is 40.4 Å². The number of ether oxygens (including phenoxy) is 4. The standard InChI is InChI=1S/2C14H23NO4/c2*1-14(2,3)19-13(17)15-7-9-5-6-10(8-15)11(9)12(16)18-4/h2*9-11H,5-8H2,1-4H3/t2*9-,10+,11?. The molecule has 2 saturated heterocycles. The third-order valence-corrected chi connectivity index (χ3v) is 7.92. The third-order valence-electron chi connectivity index (χ3n) is 7.92. The summed E-state index contributed by atoms with van der Waals surface area (Å²) in [6.45, 7) is 13.6. The van der Waals surface area contributed by atoms with Gasteiger partial charge in [-0.1, -0.05) is 0 Å². The summed E-state index contributed by atoms with van der Waals surface area (Å²) in [7, 11) is 2.87. The summed E-state index contributed by atoms with van der Waals surface area (Å²) in [5.74, 6) is 0.551.